The number of carbonyl (C=O) groups excluding carboxylic acids is 1. The Morgan fingerprint density at radius 3 is 2.89 bits per heavy atom. The van der Waals surface area contributed by atoms with Gasteiger partial charge in [0.15, 0.2) is 0 Å². The second kappa shape index (κ2) is 8.22. The van der Waals surface area contributed by atoms with E-state index < -0.39 is 6.10 Å². The lowest BCUT2D eigenvalue weighted by Crippen LogP contribution is -2.39. The second-order valence-electron chi connectivity index (χ2n) is 7.01. The average molecular weight is 378 g/mol. The third-order valence-electron chi connectivity index (χ3n) is 4.90. The molecule has 144 valence electrons. The van der Waals surface area contributed by atoms with E-state index in [2.05, 4.69) is 15.4 Å². The molecule has 2 aromatic heterocycles. The van der Waals surface area contributed by atoms with E-state index in [-0.39, 0.29) is 17.9 Å². The van der Waals surface area contributed by atoms with E-state index in [4.69, 9.17) is 4.74 Å². The lowest BCUT2D eigenvalue weighted by molar-refractivity contribution is 0.0872. The Hall–Kier alpha value is -3.19. The zero-order valence-corrected chi connectivity index (χ0v) is 15.3. The molecular formula is C21H22N4O3. The molecule has 1 unspecified atom stereocenters. The molecule has 0 spiro atoms. The molecule has 1 fully saturated rings. The van der Waals surface area contributed by atoms with E-state index in [9.17, 15) is 9.90 Å². The number of aliphatic hydroxyl groups excluding tert-OH is 1. The molecular weight excluding hydrogens is 356 g/mol. The number of aliphatic hydroxyl groups is 1. The summed E-state index contributed by atoms with van der Waals surface area (Å²) in [5, 5.41) is 17.5. The van der Waals surface area contributed by atoms with Gasteiger partial charge in [-0.1, -0.05) is 12.1 Å². The van der Waals surface area contributed by atoms with Crippen LogP contribution < -0.4 is 10.1 Å². The largest absolute Gasteiger partial charge is 0.439 e. The fraction of sp³-hybridized carbons (Fsp3) is 0.286. The zero-order chi connectivity index (χ0) is 19.3. The summed E-state index contributed by atoms with van der Waals surface area (Å²) in [6, 6.07) is 13.9. The Balaban J connectivity index is 1.37. The molecule has 4 rings (SSSR count). The Morgan fingerprint density at radius 2 is 2.11 bits per heavy atom. The van der Waals surface area contributed by atoms with Gasteiger partial charge in [-0.15, -0.1) is 0 Å². The molecule has 7 nitrogen and oxygen atoms in total. The highest BCUT2D eigenvalue weighted by molar-refractivity contribution is 5.94. The summed E-state index contributed by atoms with van der Waals surface area (Å²) in [4.78, 5) is 16.8. The van der Waals surface area contributed by atoms with Crippen molar-refractivity contribution in [1.82, 2.24) is 20.1 Å². The number of amides is 1. The summed E-state index contributed by atoms with van der Waals surface area (Å²) in [6.45, 7) is 0.740. The molecule has 1 saturated carbocycles. The van der Waals surface area contributed by atoms with Crippen molar-refractivity contribution in [3.63, 3.8) is 0 Å². The van der Waals surface area contributed by atoms with Gasteiger partial charge in [0.1, 0.15) is 5.75 Å². The van der Waals surface area contributed by atoms with Crippen LogP contribution in [-0.2, 0) is 6.54 Å². The van der Waals surface area contributed by atoms with Crippen molar-refractivity contribution < 1.29 is 14.6 Å². The maximum absolute atomic E-state index is 12.7. The van der Waals surface area contributed by atoms with Gasteiger partial charge in [-0.05, 0) is 49.1 Å². The van der Waals surface area contributed by atoms with Gasteiger partial charge < -0.3 is 15.2 Å². The molecule has 28 heavy (non-hydrogen) atoms. The Bertz CT molecular complexity index is 914. The van der Waals surface area contributed by atoms with E-state index in [1.807, 2.05) is 29.1 Å². The maximum atomic E-state index is 12.7. The third-order valence-corrected chi connectivity index (χ3v) is 4.90. The first-order valence-corrected chi connectivity index (χ1v) is 9.32. The number of benzene rings is 1. The first-order valence-electron chi connectivity index (χ1n) is 9.32. The summed E-state index contributed by atoms with van der Waals surface area (Å²) < 4.78 is 7.55. The van der Waals surface area contributed by atoms with Gasteiger partial charge >= 0.3 is 0 Å². The number of nitrogens with one attached hydrogen (secondary N) is 1. The molecule has 0 aliphatic heterocycles. The van der Waals surface area contributed by atoms with Gasteiger partial charge in [0.2, 0.25) is 5.88 Å². The Labute approximate surface area is 163 Å². The minimum Gasteiger partial charge on any atom is -0.439 e. The number of nitrogens with zero attached hydrogens (tertiary/aromatic N) is 3. The minimum absolute atomic E-state index is 0.227. The molecule has 1 aliphatic carbocycles. The van der Waals surface area contributed by atoms with Crippen molar-refractivity contribution in [3.8, 4) is 11.6 Å². The van der Waals surface area contributed by atoms with Gasteiger partial charge in [-0.25, -0.2) is 4.98 Å². The zero-order valence-electron chi connectivity index (χ0n) is 15.3. The molecule has 1 amide bonds. The first-order chi connectivity index (χ1) is 13.7. The Kier molecular flexibility index (Phi) is 5.34. The molecule has 1 aromatic carbocycles. The van der Waals surface area contributed by atoms with Crippen LogP contribution in [0.25, 0.3) is 0 Å². The molecule has 3 aromatic rings. The summed E-state index contributed by atoms with van der Waals surface area (Å²) in [5.41, 5.74) is 0.483. The molecule has 7 heteroatoms. The fourth-order valence-corrected chi connectivity index (χ4v) is 3.58. The number of pyridine rings is 1. The van der Waals surface area contributed by atoms with E-state index in [1.165, 1.54) is 0 Å². The van der Waals surface area contributed by atoms with Crippen molar-refractivity contribution in [3.05, 3.63) is 72.7 Å². The van der Waals surface area contributed by atoms with Crippen LogP contribution in [-0.4, -0.2) is 37.9 Å². The number of rotatable bonds is 6. The lowest BCUT2D eigenvalue weighted by atomic mass is 10.1. The van der Waals surface area contributed by atoms with Gasteiger partial charge in [-0.3, -0.25) is 9.48 Å². The molecule has 1 aliphatic rings. The van der Waals surface area contributed by atoms with Crippen molar-refractivity contribution in [2.45, 2.75) is 31.5 Å². The van der Waals surface area contributed by atoms with Crippen LogP contribution in [0.15, 0.2) is 67.1 Å². The van der Waals surface area contributed by atoms with Gasteiger partial charge in [0.25, 0.3) is 5.91 Å². The van der Waals surface area contributed by atoms with Crippen molar-refractivity contribution in [2.24, 2.45) is 5.92 Å². The second-order valence-corrected chi connectivity index (χ2v) is 7.01. The third kappa shape index (κ3) is 4.37. The van der Waals surface area contributed by atoms with E-state index in [0.29, 0.717) is 23.6 Å². The minimum atomic E-state index is -0.558. The normalized spacial score (nSPS) is 21.4. The number of aromatic nitrogens is 3. The van der Waals surface area contributed by atoms with Crippen LogP contribution in [0.4, 0.5) is 0 Å². The fourth-order valence-electron chi connectivity index (χ4n) is 3.58. The Morgan fingerprint density at radius 1 is 1.18 bits per heavy atom. The van der Waals surface area contributed by atoms with Crippen LogP contribution in [0.2, 0.25) is 0 Å². The maximum Gasteiger partial charge on any atom is 0.251 e. The smallest absolute Gasteiger partial charge is 0.251 e. The molecule has 0 bridgehead atoms. The number of ether oxygens (including phenoxy) is 1. The van der Waals surface area contributed by atoms with Crippen molar-refractivity contribution in [1.29, 1.82) is 0 Å². The predicted molar refractivity (Wildman–Crippen MR) is 103 cm³/mol. The van der Waals surface area contributed by atoms with Crippen LogP contribution >= 0.6 is 0 Å². The average Bonchev–Trinajstić information content (AvgIpc) is 3.33. The quantitative estimate of drug-likeness (QED) is 0.688. The van der Waals surface area contributed by atoms with E-state index >= 15 is 0 Å². The highest BCUT2D eigenvalue weighted by Gasteiger charge is 2.34. The van der Waals surface area contributed by atoms with Crippen LogP contribution in [0.1, 0.15) is 23.2 Å². The van der Waals surface area contributed by atoms with Gasteiger partial charge in [-0.2, -0.15) is 5.10 Å². The van der Waals surface area contributed by atoms with Crippen LogP contribution in [0.5, 0.6) is 11.6 Å². The first kappa shape index (κ1) is 18.2. The van der Waals surface area contributed by atoms with Crippen molar-refractivity contribution in [2.75, 3.05) is 0 Å². The molecule has 0 saturated heterocycles. The van der Waals surface area contributed by atoms with Gasteiger partial charge in [0.05, 0.1) is 12.1 Å². The summed E-state index contributed by atoms with van der Waals surface area (Å²) in [6.07, 6.45) is 6.10. The van der Waals surface area contributed by atoms with Crippen molar-refractivity contribution >= 4 is 5.91 Å². The SMILES string of the molecule is O=C(N[C@@H]1CC(Cn2cccn2)C[C@H]1O)c1cccc(Oc2ccccn2)c1. The summed E-state index contributed by atoms with van der Waals surface area (Å²) in [7, 11) is 0. The van der Waals surface area contributed by atoms with E-state index in [1.54, 1.807) is 42.7 Å². The monoisotopic (exact) mass is 378 g/mol. The standard InChI is InChI=1S/C21H22N4O3/c26-19-12-15(14-25-10-4-9-23-25)11-18(19)24-21(27)16-5-3-6-17(13-16)28-20-7-1-2-8-22-20/h1-10,13,15,18-19,26H,11-12,14H2,(H,24,27)/t15?,18-,19-/m1/s1. The van der Waals surface area contributed by atoms with Crippen LogP contribution in [0, 0.1) is 5.92 Å². The van der Waals surface area contributed by atoms with E-state index in [0.717, 1.165) is 13.0 Å². The molecule has 0 radical (unpaired) electrons. The van der Waals surface area contributed by atoms with Gasteiger partial charge in [0, 0.05) is 36.8 Å². The summed E-state index contributed by atoms with van der Waals surface area (Å²) in [5.74, 6) is 1.05. The highest BCUT2D eigenvalue weighted by Crippen LogP contribution is 2.28. The molecule has 3 atom stereocenters. The lowest BCUT2D eigenvalue weighted by Gasteiger charge is -2.17. The topological polar surface area (TPSA) is 89.3 Å². The summed E-state index contributed by atoms with van der Waals surface area (Å²) >= 11 is 0. The predicted octanol–water partition coefficient (Wildman–Crippen LogP) is 2.64. The number of hydrogen-bond donors (Lipinski definition) is 2. The number of hydrogen-bond acceptors (Lipinski definition) is 5. The molecule has 2 N–H and O–H groups in total. The molecule has 2 heterocycles. The van der Waals surface area contributed by atoms with Crippen LogP contribution in [0.3, 0.4) is 0 Å². The number of carbonyl (C=O) groups is 1. The highest BCUT2D eigenvalue weighted by atomic mass is 16.5.